The average molecular weight is 228 g/mol. The Kier molecular flexibility index (Phi) is 4.33. The Labute approximate surface area is 82.3 Å². The van der Waals surface area contributed by atoms with Crippen LogP contribution in [0.25, 0.3) is 0 Å². The van der Waals surface area contributed by atoms with Gasteiger partial charge in [-0.3, -0.25) is 0 Å². The van der Waals surface area contributed by atoms with Crippen LogP contribution in [0.4, 0.5) is 0 Å². The number of hydrogen-bond donors (Lipinski definition) is 1. The van der Waals surface area contributed by atoms with Gasteiger partial charge in [-0.2, -0.15) is 0 Å². The molecule has 0 fully saturated rings. The van der Waals surface area contributed by atoms with Gasteiger partial charge in [0.25, 0.3) is 0 Å². The van der Waals surface area contributed by atoms with Crippen LogP contribution in [0.5, 0.6) is 0 Å². The first-order valence-electron chi connectivity index (χ1n) is 4.16. The van der Waals surface area contributed by atoms with E-state index < -0.39 is 0 Å². The van der Waals surface area contributed by atoms with Crippen molar-refractivity contribution in [3.8, 4) is 0 Å². The number of hydrogen-bond acceptors (Lipinski definition) is 1. The molecule has 1 N–H and O–H groups in total. The molecule has 0 aliphatic carbocycles. The topological polar surface area (TPSA) is 12.0 Å². The molecule has 1 nitrogen and oxygen atoms in total. The summed E-state index contributed by atoms with van der Waals surface area (Å²) in [5.74, 6) is 0. The monoisotopic (exact) mass is 227 g/mol. The van der Waals surface area contributed by atoms with E-state index >= 15 is 0 Å². The van der Waals surface area contributed by atoms with Gasteiger partial charge in [-0.1, -0.05) is 40.2 Å². The van der Waals surface area contributed by atoms with Crippen LogP contribution in [0.1, 0.15) is 11.1 Å². The molecule has 1 rings (SSSR count). The molecule has 0 unspecified atom stereocenters. The van der Waals surface area contributed by atoms with Crippen molar-refractivity contribution in [1.29, 1.82) is 0 Å². The molecule has 0 aliphatic rings. The predicted octanol–water partition coefficient (Wildman–Crippen LogP) is 2.48. The summed E-state index contributed by atoms with van der Waals surface area (Å²) >= 11 is 3.38. The Morgan fingerprint density at radius 3 is 2.75 bits per heavy atom. The standard InChI is InChI=1S/C10H14BrN/c1-9-4-2-3-5-10(9)8-12-7-6-11/h2-5,12H,6-8H2,1H3. The second-order valence-electron chi connectivity index (χ2n) is 2.79. The van der Waals surface area contributed by atoms with Crippen LogP contribution in [-0.4, -0.2) is 11.9 Å². The molecule has 0 radical (unpaired) electrons. The third-order valence-corrected chi connectivity index (χ3v) is 2.24. The summed E-state index contributed by atoms with van der Waals surface area (Å²) in [6.45, 7) is 4.14. The Morgan fingerprint density at radius 1 is 1.33 bits per heavy atom. The number of halogens is 1. The van der Waals surface area contributed by atoms with E-state index in [1.165, 1.54) is 11.1 Å². The number of alkyl halides is 1. The van der Waals surface area contributed by atoms with Gasteiger partial charge >= 0.3 is 0 Å². The van der Waals surface area contributed by atoms with E-state index in [9.17, 15) is 0 Å². The van der Waals surface area contributed by atoms with Gasteiger partial charge in [0.15, 0.2) is 0 Å². The molecule has 0 saturated heterocycles. The van der Waals surface area contributed by atoms with Crippen molar-refractivity contribution in [1.82, 2.24) is 5.32 Å². The van der Waals surface area contributed by atoms with E-state index in [1.54, 1.807) is 0 Å². The smallest absolute Gasteiger partial charge is 0.0208 e. The van der Waals surface area contributed by atoms with E-state index in [4.69, 9.17) is 0 Å². The normalized spacial score (nSPS) is 10.2. The van der Waals surface area contributed by atoms with Crippen LogP contribution in [0.15, 0.2) is 24.3 Å². The highest BCUT2D eigenvalue weighted by atomic mass is 79.9. The summed E-state index contributed by atoms with van der Waals surface area (Å²) < 4.78 is 0. The van der Waals surface area contributed by atoms with Gasteiger partial charge in [0.1, 0.15) is 0 Å². The second-order valence-corrected chi connectivity index (χ2v) is 3.59. The van der Waals surface area contributed by atoms with Crippen molar-refractivity contribution in [2.75, 3.05) is 11.9 Å². The molecule has 0 atom stereocenters. The highest BCUT2D eigenvalue weighted by molar-refractivity contribution is 9.09. The fourth-order valence-corrected chi connectivity index (χ4v) is 1.38. The van der Waals surface area contributed by atoms with E-state index in [-0.39, 0.29) is 0 Å². The van der Waals surface area contributed by atoms with E-state index in [0.717, 1.165) is 18.4 Å². The van der Waals surface area contributed by atoms with Gasteiger partial charge in [-0.25, -0.2) is 0 Å². The Bertz CT molecular complexity index is 235. The molecule has 66 valence electrons. The van der Waals surface area contributed by atoms with Crippen molar-refractivity contribution in [3.05, 3.63) is 35.4 Å². The van der Waals surface area contributed by atoms with Crippen LogP contribution in [0.2, 0.25) is 0 Å². The van der Waals surface area contributed by atoms with Crippen LogP contribution in [0.3, 0.4) is 0 Å². The van der Waals surface area contributed by atoms with Crippen molar-refractivity contribution in [2.24, 2.45) is 0 Å². The fourth-order valence-electron chi connectivity index (χ4n) is 1.10. The number of rotatable bonds is 4. The van der Waals surface area contributed by atoms with Crippen molar-refractivity contribution in [2.45, 2.75) is 13.5 Å². The lowest BCUT2D eigenvalue weighted by Gasteiger charge is -2.05. The third kappa shape index (κ3) is 2.95. The minimum atomic E-state index is 0.971. The van der Waals surface area contributed by atoms with Crippen LogP contribution in [0, 0.1) is 6.92 Å². The fraction of sp³-hybridized carbons (Fsp3) is 0.400. The summed E-state index contributed by atoms with van der Waals surface area (Å²) in [4.78, 5) is 0. The van der Waals surface area contributed by atoms with Gasteiger partial charge in [0, 0.05) is 18.4 Å². The van der Waals surface area contributed by atoms with Crippen molar-refractivity contribution >= 4 is 15.9 Å². The maximum absolute atomic E-state index is 3.38. The lowest BCUT2D eigenvalue weighted by Crippen LogP contribution is -2.16. The molecule has 0 bridgehead atoms. The minimum absolute atomic E-state index is 0.971. The molecule has 2 heteroatoms. The number of aryl methyl sites for hydroxylation is 1. The Morgan fingerprint density at radius 2 is 2.08 bits per heavy atom. The highest BCUT2D eigenvalue weighted by Crippen LogP contribution is 2.05. The summed E-state index contributed by atoms with van der Waals surface area (Å²) in [5, 5.41) is 4.36. The molecule has 0 saturated carbocycles. The van der Waals surface area contributed by atoms with Crippen molar-refractivity contribution in [3.63, 3.8) is 0 Å². The molecule has 1 aromatic rings. The molecular formula is C10H14BrN. The molecule has 0 aromatic heterocycles. The summed E-state index contributed by atoms with van der Waals surface area (Å²) in [5.41, 5.74) is 2.75. The number of benzene rings is 1. The van der Waals surface area contributed by atoms with Crippen molar-refractivity contribution < 1.29 is 0 Å². The predicted molar refractivity (Wildman–Crippen MR) is 56.7 cm³/mol. The summed E-state index contributed by atoms with van der Waals surface area (Å²) in [6.07, 6.45) is 0. The zero-order chi connectivity index (χ0) is 8.81. The zero-order valence-electron chi connectivity index (χ0n) is 7.31. The highest BCUT2D eigenvalue weighted by Gasteiger charge is 1.94. The van der Waals surface area contributed by atoms with E-state index in [2.05, 4.69) is 52.4 Å². The summed E-state index contributed by atoms with van der Waals surface area (Å²) in [7, 11) is 0. The maximum Gasteiger partial charge on any atom is 0.0208 e. The second kappa shape index (κ2) is 5.33. The molecule has 0 heterocycles. The summed E-state index contributed by atoms with van der Waals surface area (Å²) in [6, 6.07) is 8.46. The Hall–Kier alpha value is -0.340. The zero-order valence-corrected chi connectivity index (χ0v) is 8.89. The lowest BCUT2D eigenvalue weighted by atomic mass is 10.1. The quantitative estimate of drug-likeness (QED) is 0.616. The molecule has 0 amide bonds. The SMILES string of the molecule is Cc1ccccc1CNCCBr. The third-order valence-electron chi connectivity index (χ3n) is 1.85. The molecule has 0 aliphatic heterocycles. The van der Waals surface area contributed by atoms with Crippen LogP contribution < -0.4 is 5.32 Å². The van der Waals surface area contributed by atoms with Gasteiger partial charge in [-0.05, 0) is 18.1 Å². The lowest BCUT2D eigenvalue weighted by molar-refractivity contribution is 0.731. The first-order chi connectivity index (χ1) is 5.84. The van der Waals surface area contributed by atoms with Gasteiger partial charge < -0.3 is 5.32 Å². The Balaban J connectivity index is 2.46. The first kappa shape index (κ1) is 9.75. The average Bonchev–Trinajstić information content (AvgIpc) is 2.09. The molecule has 12 heavy (non-hydrogen) atoms. The first-order valence-corrected chi connectivity index (χ1v) is 5.28. The van der Waals surface area contributed by atoms with E-state index in [1.807, 2.05) is 0 Å². The number of nitrogens with one attached hydrogen (secondary N) is 1. The largest absolute Gasteiger partial charge is 0.312 e. The molecule has 1 aromatic carbocycles. The minimum Gasteiger partial charge on any atom is -0.312 e. The van der Waals surface area contributed by atoms with Gasteiger partial charge in [-0.15, -0.1) is 0 Å². The maximum atomic E-state index is 3.38. The van der Waals surface area contributed by atoms with Crippen LogP contribution >= 0.6 is 15.9 Å². The van der Waals surface area contributed by atoms with Crippen LogP contribution in [-0.2, 0) is 6.54 Å². The molecular weight excluding hydrogens is 214 g/mol. The van der Waals surface area contributed by atoms with E-state index in [0.29, 0.717) is 0 Å². The molecule has 0 spiro atoms. The van der Waals surface area contributed by atoms with Gasteiger partial charge in [0.05, 0.1) is 0 Å². The van der Waals surface area contributed by atoms with Gasteiger partial charge in [0.2, 0.25) is 0 Å².